The van der Waals surface area contributed by atoms with Crippen LogP contribution in [0.25, 0.3) is 10.8 Å². The maximum atomic E-state index is 12.6. The predicted octanol–water partition coefficient (Wildman–Crippen LogP) is 5.06. The first-order valence-electron chi connectivity index (χ1n) is 9.88. The van der Waals surface area contributed by atoms with Gasteiger partial charge < -0.3 is 9.64 Å². The number of carbonyl (C=O) groups is 1. The Labute approximate surface area is 184 Å². The number of nitrogens with zero attached hydrogens (tertiary/aromatic N) is 3. The maximum Gasteiger partial charge on any atom is 0.285 e. The summed E-state index contributed by atoms with van der Waals surface area (Å²) in [6.07, 6.45) is 5.42. The molecule has 2 aliphatic heterocycles. The number of aliphatic imine (C=N–C) groups is 2. The van der Waals surface area contributed by atoms with E-state index >= 15 is 0 Å². The van der Waals surface area contributed by atoms with Gasteiger partial charge in [0.25, 0.3) is 5.91 Å². The molecule has 0 aliphatic carbocycles. The Kier molecular flexibility index (Phi) is 5.10. The third-order valence-electron chi connectivity index (χ3n) is 5.10. The van der Waals surface area contributed by atoms with E-state index in [0.29, 0.717) is 29.0 Å². The SMILES string of the molecule is O=C(COc1ccc2ccccc2c1)N=C1N=C2C=CC(Cl)=CN2Cc2ccccc21. The molecule has 0 aromatic heterocycles. The first-order valence-corrected chi connectivity index (χ1v) is 10.3. The number of fused-ring (bicyclic) bond motifs is 3. The normalized spacial score (nSPS) is 16.3. The molecule has 0 unspecified atom stereocenters. The molecule has 0 spiro atoms. The van der Waals surface area contributed by atoms with Gasteiger partial charge in [0.15, 0.2) is 12.4 Å². The lowest BCUT2D eigenvalue weighted by Gasteiger charge is -2.21. The number of carbonyl (C=O) groups excluding carboxylic acids is 1. The summed E-state index contributed by atoms with van der Waals surface area (Å²) in [5.41, 5.74) is 1.83. The Bertz CT molecular complexity index is 1310. The van der Waals surface area contributed by atoms with Crippen LogP contribution in [0.2, 0.25) is 0 Å². The number of benzene rings is 3. The summed E-state index contributed by atoms with van der Waals surface area (Å²) in [5.74, 6) is 1.28. The first-order chi connectivity index (χ1) is 15.2. The molecule has 2 heterocycles. The molecular weight excluding hydrogens is 410 g/mol. The van der Waals surface area contributed by atoms with Gasteiger partial charge in [-0.1, -0.05) is 66.2 Å². The minimum Gasteiger partial charge on any atom is -0.484 e. The Morgan fingerprint density at radius 2 is 1.84 bits per heavy atom. The second-order valence-corrected chi connectivity index (χ2v) is 7.67. The Morgan fingerprint density at radius 1 is 1.03 bits per heavy atom. The van der Waals surface area contributed by atoms with Gasteiger partial charge in [-0.3, -0.25) is 4.79 Å². The number of hydrogen-bond acceptors (Lipinski definition) is 3. The highest BCUT2D eigenvalue weighted by Gasteiger charge is 2.21. The van der Waals surface area contributed by atoms with Crippen molar-refractivity contribution in [2.24, 2.45) is 9.98 Å². The van der Waals surface area contributed by atoms with E-state index in [0.717, 1.165) is 21.9 Å². The number of amides is 1. The van der Waals surface area contributed by atoms with Crippen LogP contribution in [-0.2, 0) is 11.3 Å². The average molecular weight is 428 g/mol. The molecule has 5 rings (SSSR count). The van der Waals surface area contributed by atoms with E-state index < -0.39 is 5.91 Å². The molecule has 0 radical (unpaired) electrons. The van der Waals surface area contributed by atoms with Gasteiger partial charge >= 0.3 is 0 Å². The summed E-state index contributed by atoms with van der Waals surface area (Å²) in [4.78, 5) is 23.5. The number of halogens is 1. The quantitative estimate of drug-likeness (QED) is 0.587. The minimum absolute atomic E-state index is 0.167. The number of amidine groups is 2. The molecule has 5 nitrogen and oxygen atoms in total. The Morgan fingerprint density at radius 3 is 2.74 bits per heavy atom. The largest absolute Gasteiger partial charge is 0.484 e. The van der Waals surface area contributed by atoms with E-state index in [1.54, 1.807) is 6.08 Å². The van der Waals surface area contributed by atoms with Crippen LogP contribution in [0.5, 0.6) is 5.75 Å². The van der Waals surface area contributed by atoms with Crippen molar-refractivity contribution in [2.45, 2.75) is 6.54 Å². The average Bonchev–Trinajstić information content (AvgIpc) is 2.93. The van der Waals surface area contributed by atoms with Crippen LogP contribution in [-0.4, -0.2) is 29.1 Å². The van der Waals surface area contributed by atoms with E-state index in [1.165, 1.54) is 0 Å². The molecule has 3 aromatic carbocycles. The smallest absolute Gasteiger partial charge is 0.285 e. The number of hydrogen-bond donors (Lipinski definition) is 0. The van der Waals surface area contributed by atoms with E-state index in [4.69, 9.17) is 16.3 Å². The lowest BCUT2D eigenvalue weighted by molar-refractivity contribution is -0.119. The third-order valence-corrected chi connectivity index (χ3v) is 5.32. The van der Waals surface area contributed by atoms with Crippen molar-refractivity contribution in [2.75, 3.05) is 6.61 Å². The fourth-order valence-electron chi connectivity index (χ4n) is 3.60. The van der Waals surface area contributed by atoms with E-state index in [-0.39, 0.29) is 6.61 Å². The highest BCUT2D eigenvalue weighted by molar-refractivity contribution is 6.32. The van der Waals surface area contributed by atoms with Crippen LogP contribution in [0.15, 0.2) is 100 Å². The molecule has 31 heavy (non-hydrogen) atoms. The molecule has 0 atom stereocenters. The summed E-state index contributed by atoms with van der Waals surface area (Å²) < 4.78 is 5.70. The van der Waals surface area contributed by atoms with Crippen LogP contribution in [0.3, 0.4) is 0 Å². The summed E-state index contributed by atoms with van der Waals surface area (Å²) in [6, 6.07) is 21.5. The lowest BCUT2D eigenvalue weighted by Crippen LogP contribution is -2.25. The van der Waals surface area contributed by atoms with Crippen LogP contribution in [0.1, 0.15) is 11.1 Å². The van der Waals surface area contributed by atoms with Crippen molar-refractivity contribution < 1.29 is 9.53 Å². The van der Waals surface area contributed by atoms with Gasteiger partial charge in [0.1, 0.15) is 11.6 Å². The molecule has 0 N–H and O–H groups in total. The predicted molar refractivity (Wildman–Crippen MR) is 123 cm³/mol. The van der Waals surface area contributed by atoms with Crippen molar-refractivity contribution in [1.29, 1.82) is 0 Å². The number of rotatable bonds is 3. The Balaban J connectivity index is 1.40. The molecule has 3 aromatic rings. The maximum absolute atomic E-state index is 12.6. The second kappa shape index (κ2) is 8.20. The van der Waals surface area contributed by atoms with Crippen LogP contribution >= 0.6 is 11.6 Å². The topological polar surface area (TPSA) is 54.3 Å². The van der Waals surface area contributed by atoms with Gasteiger partial charge in [0.2, 0.25) is 0 Å². The number of ether oxygens (including phenoxy) is 1. The Hall–Kier alpha value is -3.70. The van der Waals surface area contributed by atoms with Crippen molar-refractivity contribution in [3.8, 4) is 5.75 Å². The van der Waals surface area contributed by atoms with Gasteiger partial charge in [-0.25, -0.2) is 4.99 Å². The molecule has 0 bridgehead atoms. The van der Waals surface area contributed by atoms with Crippen LogP contribution < -0.4 is 4.74 Å². The zero-order valence-electron chi connectivity index (χ0n) is 16.5. The fraction of sp³-hybridized carbons (Fsp3) is 0.0800. The molecular formula is C25H18ClN3O2. The molecule has 0 saturated carbocycles. The van der Waals surface area contributed by atoms with Gasteiger partial charge in [0.05, 0.1) is 5.03 Å². The van der Waals surface area contributed by atoms with Gasteiger partial charge in [-0.2, -0.15) is 4.99 Å². The van der Waals surface area contributed by atoms with Gasteiger partial charge in [-0.05, 0) is 40.6 Å². The number of allylic oxidation sites excluding steroid dienone is 2. The van der Waals surface area contributed by atoms with Crippen LogP contribution in [0.4, 0.5) is 0 Å². The summed E-state index contributed by atoms with van der Waals surface area (Å²) in [6.45, 7) is 0.427. The first kappa shape index (κ1) is 19.3. The van der Waals surface area contributed by atoms with Gasteiger partial charge in [-0.15, -0.1) is 0 Å². The molecule has 1 amide bonds. The highest BCUT2D eigenvalue weighted by Crippen LogP contribution is 2.23. The monoisotopic (exact) mass is 427 g/mol. The van der Waals surface area contributed by atoms with E-state index in [2.05, 4.69) is 9.98 Å². The second-order valence-electron chi connectivity index (χ2n) is 7.23. The summed E-state index contributed by atoms with van der Waals surface area (Å²) in [7, 11) is 0. The fourth-order valence-corrected chi connectivity index (χ4v) is 3.78. The van der Waals surface area contributed by atoms with Gasteiger partial charge in [0, 0.05) is 18.3 Å². The van der Waals surface area contributed by atoms with E-state index in [1.807, 2.05) is 83.9 Å². The minimum atomic E-state index is -0.399. The zero-order chi connectivity index (χ0) is 21.2. The molecule has 0 saturated heterocycles. The van der Waals surface area contributed by atoms with Crippen LogP contribution in [0, 0.1) is 0 Å². The molecule has 6 heteroatoms. The van der Waals surface area contributed by atoms with Crippen molar-refractivity contribution in [1.82, 2.24) is 4.90 Å². The summed E-state index contributed by atoms with van der Waals surface area (Å²) >= 11 is 6.15. The zero-order valence-corrected chi connectivity index (χ0v) is 17.3. The standard InChI is InChI=1S/C25H18ClN3O2/c26-20-10-12-23-27-25(22-8-4-3-7-19(22)14-29(23)15-20)28-24(30)16-31-21-11-9-17-5-1-2-6-18(17)13-21/h1-13,15H,14,16H2. The lowest BCUT2D eigenvalue weighted by atomic mass is 10.1. The third kappa shape index (κ3) is 4.13. The summed E-state index contributed by atoms with van der Waals surface area (Å²) in [5, 5.41) is 2.79. The van der Waals surface area contributed by atoms with Crippen molar-refractivity contribution in [3.63, 3.8) is 0 Å². The molecule has 2 aliphatic rings. The van der Waals surface area contributed by atoms with Crippen molar-refractivity contribution >= 4 is 40.0 Å². The molecule has 152 valence electrons. The molecule has 0 fully saturated rings. The van der Waals surface area contributed by atoms with Crippen molar-refractivity contribution in [3.05, 3.63) is 101 Å². The van der Waals surface area contributed by atoms with E-state index in [9.17, 15) is 4.79 Å². The highest BCUT2D eigenvalue weighted by atomic mass is 35.5.